The molecule has 0 radical (unpaired) electrons. The van der Waals surface area contributed by atoms with Crippen LogP contribution in [0.25, 0.3) is 0 Å². The number of carbonyl (C=O) groups is 1. The molecule has 0 bridgehead atoms. The lowest BCUT2D eigenvalue weighted by molar-refractivity contribution is -0.124. The second-order valence-electron chi connectivity index (χ2n) is 5.40. The summed E-state index contributed by atoms with van der Waals surface area (Å²) in [5.74, 6) is 0.431. The van der Waals surface area contributed by atoms with Crippen molar-refractivity contribution < 1.29 is 9.53 Å². The van der Waals surface area contributed by atoms with Crippen LogP contribution < -0.4 is 10.1 Å². The quantitative estimate of drug-likeness (QED) is 0.827. The molecule has 1 amide bonds. The average Bonchev–Trinajstić information content (AvgIpc) is 2.98. The third-order valence-electron chi connectivity index (χ3n) is 3.25. The molecule has 2 aromatic rings. The smallest absolute Gasteiger partial charge is 0.258 e. The number of nitrogens with zero attached hydrogens (tertiary/aromatic N) is 3. The van der Waals surface area contributed by atoms with Crippen molar-refractivity contribution in [2.24, 2.45) is 5.92 Å². The maximum atomic E-state index is 12.1. The summed E-state index contributed by atoms with van der Waals surface area (Å²) in [6.07, 6.45) is 3.08. The molecule has 0 aliphatic carbocycles. The Balaban J connectivity index is 1.89. The second kappa shape index (κ2) is 8.17. The number of rotatable bonds is 7. The number of ether oxygens (including phenoxy) is 1. The van der Waals surface area contributed by atoms with Crippen LogP contribution in [-0.4, -0.2) is 33.3 Å². The zero-order valence-corrected chi connectivity index (χ0v) is 14.4. The van der Waals surface area contributed by atoms with Crippen molar-refractivity contribution in [2.75, 3.05) is 6.61 Å². The molecule has 1 aromatic carbocycles. The van der Waals surface area contributed by atoms with Crippen LogP contribution in [0.15, 0.2) is 30.9 Å². The van der Waals surface area contributed by atoms with Crippen molar-refractivity contribution in [1.82, 2.24) is 20.1 Å². The van der Waals surface area contributed by atoms with Crippen molar-refractivity contribution in [1.29, 1.82) is 0 Å². The van der Waals surface area contributed by atoms with E-state index >= 15 is 0 Å². The molecule has 124 valence electrons. The lowest BCUT2D eigenvalue weighted by Gasteiger charge is -2.22. The van der Waals surface area contributed by atoms with Crippen LogP contribution in [0.4, 0.5) is 0 Å². The number of hydrogen-bond acceptors (Lipinski definition) is 4. The summed E-state index contributed by atoms with van der Waals surface area (Å²) in [7, 11) is 0. The molecule has 0 spiro atoms. The van der Waals surface area contributed by atoms with Crippen molar-refractivity contribution in [3.05, 3.63) is 40.9 Å². The standard InChI is InChI=1S/C15H18Cl2N4O2/c1-10(2)13(6-21-9-18-8-19-21)20-15(22)7-23-14-4-3-11(16)5-12(14)17/h3-5,8-10,13H,6-7H2,1-2H3,(H,20,22)/t13-/m0/s1. The molecule has 6 nitrogen and oxygen atoms in total. The number of benzene rings is 1. The highest BCUT2D eigenvalue weighted by atomic mass is 35.5. The molecule has 0 aliphatic rings. The number of halogens is 2. The summed E-state index contributed by atoms with van der Waals surface area (Å²) < 4.78 is 7.11. The minimum atomic E-state index is -0.227. The van der Waals surface area contributed by atoms with Gasteiger partial charge in [0.05, 0.1) is 17.6 Å². The minimum absolute atomic E-state index is 0.0755. The zero-order chi connectivity index (χ0) is 16.8. The van der Waals surface area contributed by atoms with E-state index in [1.807, 2.05) is 13.8 Å². The van der Waals surface area contributed by atoms with Gasteiger partial charge in [0.25, 0.3) is 5.91 Å². The maximum absolute atomic E-state index is 12.1. The van der Waals surface area contributed by atoms with Gasteiger partial charge in [0.2, 0.25) is 0 Å². The molecular weight excluding hydrogens is 339 g/mol. The highest BCUT2D eigenvalue weighted by Crippen LogP contribution is 2.27. The summed E-state index contributed by atoms with van der Waals surface area (Å²) in [5, 5.41) is 7.87. The van der Waals surface area contributed by atoms with Gasteiger partial charge in [-0.25, -0.2) is 4.98 Å². The van der Waals surface area contributed by atoms with E-state index in [9.17, 15) is 4.79 Å². The molecule has 2 rings (SSSR count). The topological polar surface area (TPSA) is 69.0 Å². The van der Waals surface area contributed by atoms with Crippen molar-refractivity contribution in [3.63, 3.8) is 0 Å². The van der Waals surface area contributed by atoms with E-state index in [0.29, 0.717) is 22.3 Å². The Labute approximate surface area is 144 Å². The van der Waals surface area contributed by atoms with Crippen LogP contribution in [0.3, 0.4) is 0 Å². The number of hydrogen-bond donors (Lipinski definition) is 1. The SMILES string of the molecule is CC(C)[C@H](Cn1cncn1)NC(=O)COc1ccc(Cl)cc1Cl. The first-order valence-corrected chi connectivity index (χ1v) is 7.91. The van der Waals surface area contributed by atoms with Crippen molar-refractivity contribution in [2.45, 2.75) is 26.4 Å². The Morgan fingerprint density at radius 2 is 2.17 bits per heavy atom. The van der Waals surface area contributed by atoms with Gasteiger partial charge in [-0.1, -0.05) is 37.0 Å². The molecular formula is C15H18Cl2N4O2. The summed E-state index contributed by atoms with van der Waals surface area (Å²) in [6.45, 7) is 4.48. The molecule has 1 heterocycles. The van der Waals surface area contributed by atoms with Crippen molar-refractivity contribution in [3.8, 4) is 5.75 Å². The molecule has 0 saturated carbocycles. The van der Waals surface area contributed by atoms with Crippen LogP contribution in [0.5, 0.6) is 5.75 Å². The summed E-state index contributed by atoms with van der Waals surface area (Å²) in [5.41, 5.74) is 0. The Hall–Kier alpha value is -1.79. The predicted octanol–water partition coefficient (Wildman–Crippen LogP) is 2.80. The van der Waals surface area contributed by atoms with Gasteiger partial charge < -0.3 is 10.1 Å². The monoisotopic (exact) mass is 356 g/mol. The Morgan fingerprint density at radius 3 is 2.78 bits per heavy atom. The molecule has 0 unspecified atom stereocenters. The van der Waals surface area contributed by atoms with E-state index in [2.05, 4.69) is 15.4 Å². The number of amides is 1. The fourth-order valence-electron chi connectivity index (χ4n) is 1.94. The molecule has 1 atom stereocenters. The van der Waals surface area contributed by atoms with Gasteiger partial charge in [0.15, 0.2) is 6.61 Å². The van der Waals surface area contributed by atoms with Crippen molar-refractivity contribution >= 4 is 29.1 Å². The number of carbonyl (C=O) groups excluding carboxylic acids is 1. The highest BCUT2D eigenvalue weighted by Gasteiger charge is 2.17. The fourth-order valence-corrected chi connectivity index (χ4v) is 2.40. The summed E-state index contributed by atoms with van der Waals surface area (Å²) in [6, 6.07) is 4.78. The van der Waals surface area contributed by atoms with E-state index in [1.54, 1.807) is 29.2 Å². The van der Waals surface area contributed by atoms with Gasteiger partial charge >= 0.3 is 0 Å². The average molecular weight is 357 g/mol. The lowest BCUT2D eigenvalue weighted by Crippen LogP contribution is -2.43. The van der Waals surface area contributed by atoms with Gasteiger partial charge in [0.1, 0.15) is 18.4 Å². The first-order chi connectivity index (χ1) is 11.0. The maximum Gasteiger partial charge on any atom is 0.258 e. The van der Waals surface area contributed by atoms with E-state index in [1.165, 1.54) is 6.33 Å². The normalized spacial score (nSPS) is 12.2. The van der Waals surface area contributed by atoms with Crippen LogP contribution in [-0.2, 0) is 11.3 Å². The third kappa shape index (κ3) is 5.41. The zero-order valence-electron chi connectivity index (χ0n) is 12.9. The fraction of sp³-hybridized carbons (Fsp3) is 0.400. The first-order valence-electron chi connectivity index (χ1n) is 7.15. The largest absolute Gasteiger partial charge is 0.482 e. The predicted molar refractivity (Wildman–Crippen MR) is 88.7 cm³/mol. The van der Waals surface area contributed by atoms with Gasteiger partial charge in [0, 0.05) is 5.02 Å². The van der Waals surface area contributed by atoms with E-state index in [0.717, 1.165) is 0 Å². The summed E-state index contributed by atoms with van der Waals surface area (Å²) in [4.78, 5) is 16.0. The Morgan fingerprint density at radius 1 is 1.39 bits per heavy atom. The van der Waals surface area contributed by atoms with Crippen LogP contribution in [0.1, 0.15) is 13.8 Å². The molecule has 1 N–H and O–H groups in total. The van der Waals surface area contributed by atoms with Gasteiger partial charge in [-0.15, -0.1) is 0 Å². The Bertz CT molecular complexity index is 647. The van der Waals surface area contributed by atoms with Gasteiger partial charge in [-0.2, -0.15) is 5.10 Å². The first kappa shape index (κ1) is 17.6. The van der Waals surface area contributed by atoms with E-state index in [4.69, 9.17) is 27.9 Å². The van der Waals surface area contributed by atoms with Crippen LogP contribution >= 0.6 is 23.2 Å². The highest BCUT2D eigenvalue weighted by molar-refractivity contribution is 6.35. The van der Waals surface area contributed by atoms with E-state index in [-0.39, 0.29) is 24.5 Å². The number of aromatic nitrogens is 3. The third-order valence-corrected chi connectivity index (χ3v) is 3.78. The molecule has 0 aliphatic heterocycles. The Kier molecular flexibility index (Phi) is 6.24. The second-order valence-corrected chi connectivity index (χ2v) is 6.24. The number of nitrogens with one attached hydrogen (secondary N) is 1. The van der Waals surface area contributed by atoms with Crippen LogP contribution in [0, 0.1) is 5.92 Å². The van der Waals surface area contributed by atoms with Gasteiger partial charge in [-0.05, 0) is 24.1 Å². The van der Waals surface area contributed by atoms with Gasteiger partial charge in [-0.3, -0.25) is 9.48 Å². The molecule has 23 heavy (non-hydrogen) atoms. The lowest BCUT2D eigenvalue weighted by atomic mass is 10.0. The molecule has 0 saturated heterocycles. The molecule has 8 heteroatoms. The van der Waals surface area contributed by atoms with E-state index < -0.39 is 0 Å². The molecule has 0 fully saturated rings. The summed E-state index contributed by atoms with van der Waals surface area (Å²) >= 11 is 11.8. The molecule has 1 aromatic heterocycles. The van der Waals surface area contributed by atoms with Crippen LogP contribution in [0.2, 0.25) is 10.0 Å². The minimum Gasteiger partial charge on any atom is -0.482 e.